The maximum atomic E-state index is 6.21. The summed E-state index contributed by atoms with van der Waals surface area (Å²) < 4.78 is 0. The molecule has 0 fully saturated rings. The third-order valence-electron chi connectivity index (χ3n) is 2.96. The highest BCUT2D eigenvalue weighted by molar-refractivity contribution is 7.19. The second kappa shape index (κ2) is 4.34. The van der Waals surface area contributed by atoms with Crippen LogP contribution in [0.25, 0.3) is 21.3 Å². The molecule has 4 heteroatoms. The molecule has 2 aromatic heterocycles. The Morgan fingerprint density at radius 2 is 1.78 bits per heavy atom. The van der Waals surface area contributed by atoms with E-state index in [4.69, 9.17) is 11.6 Å². The first-order chi connectivity index (χ1) is 8.66. The van der Waals surface area contributed by atoms with Crippen LogP contribution in [-0.4, -0.2) is 9.97 Å². The zero-order valence-corrected chi connectivity index (χ0v) is 11.6. The number of hydrogen-bond acceptors (Lipinski definition) is 3. The van der Waals surface area contributed by atoms with E-state index in [0.717, 1.165) is 15.8 Å². The fraction of sp³-hybridized carbons (Fsp3) is 0.143. The fourth-order valence-electron chi connectivity index (χ4n) is 2.08. The van der Waals surface area contributed by atoms with Gasteiger partial charge in [-0.15, -0.1) is 11.3 Å². The molecule has 0 N–H and O–H groups in total. The van der Waals surface area contributed by atoms with Crippen LogP contribution < -0.4 is 0 Å². The number of fused-ring (bicyclic) bond motifs is 1. The van der Waals surface area contributed by atoms with Crippen molar-refractivity contribution in [1.82, 2.24) is 9.97 Å². The standard InChI is InChI=1S/C14H11ClN2S/c1-8-3-5-10(6-4-8)11-9(2)18-14-12(11)13(15)16-7-17-14/h3-7H,1-2H3. The molecule has 0 spiro atoms. The van der Waals surface area contributed by atoms with Crippen molar-refractivity contribution in [3.8, 4) is 11.1 Å². The van der Waals surface area contributed by atoms with Crippen molar-refractivity contribution in [1.29, 1.82) is 0 Å². The minimum atomic E-state index is 0.528. The Labute approximate surface area is 114 Å². The van der Waals surface area contributed by atoms with Crippen molar-refractivity contribution in [3.63, 3.8) is 0 Å². The normalized spacial score (nSPS) is 11.1. The zero-order chi connectivity index (χ0) is 12.7. The molecule has 0 amide bonds. The second-order valence-corrected chi connectivity index (χ2v) is 5.81. The van der Waals surface area contributed by atoms with E-state index in [-0.39, 0.29) is 0 Å². The number of halogens is 1. The quantitative estimate of drug-likeness (QED) is 0.605. The molecule has 0 aliphatic rings. The van der Waals surface area contributed by atoms with Crippen molar-refractivity contribution < 1.29 is 0 Å². The Kier molecular flexibility index (Phi) is 2.80. The van der Waals surface area contributed by atoms with Gasteiger partial charge in [0.25, 0.3) is 0 Å². The van der Waals surface area contributed by atoms with Gasteiger partial charge in [0.15, 0.2) is 0 Å². The second-order valence-electron chi connectivity index (χ2n) is 4.24. The summed E-state index contributed by atoms with van der Waals surface area (Å²) >= 11 is 7.87. The molecule has 0 saturated heterocycles. The van der Waals surface area contributed by atoms with E-state index in [2.05, 4.69) is 48.1 Å². The summed E-state index contributed by atoms with van der Waals surface area (Å²) in [6.07, 6.45) is 1.51. The Balaban J connectivity index is 2.34. The zero-order valence-electron chi connectivity index (χ0n) is 10.1. The predicted molar refractivity (Wildman–Crippen MR) is 77.3 cm³/mol. The lowest BCUT2D eigenvalue weighted by Gasteiger charge is -2.03. The highest BCUT2D eigenvalue weighted by atomic mass is 35.5. The van der Waals surface area contributed by atoms with Gasteiger partial charge in [-0.1, -0.05) is 41.4 Å². The number of nitrogens with zero attached hydrogens (tertiary/aromatic N) is 2. The third kappa shape index (κ3) is 1.80. The van der Waals surface area contributed by atoms with E-state index in [0.29, 0.717) is 5.15 Å². The summed E-state index contributed by atoms with van der Waals surface area (Å²) in [5.74, 6) is 0. The van der Waals surface area contributed by atoms with Gasteiger partial charge in [0.05, 0.1) is 5.39 Å². The van der Waals surface area contributed by atoms with Crippen molar-refractivity contribution >= 4 is 33.2 Å². The Morgan fingerprint density at radius 3 is 2.50 bits per heavy atom. The Hall–Kier alpha value is -1.45. The number of benzene rings is 1. The highest BCUT2D eigenvalue weighted by Crippen LogP contribution is 2.39. The van der Waals surface area contributed by atoms with Crippen LogP contribution in [0.2, 0.25) is 5.15 Å². The summed E-state index contributed by atoms with van der Waals surface area (Å²) in [6.45, 7) is 4.18. The van der Waals surface area contributed by atoms with E-state index in [9.17, 15) is 0 Å². The van der Waals surface area contributed by atoms with Gasteiger partial charge >= 0.3 is 0 Å². The highest BCUT2D eigenvalue weighted by Gasteiger charge is 2.15. The predicted octanol–water partition coefficient (Wildman–Crippen LogP) is 4.63. The average Bonchev–Trinajstić information content (AvgIpc) is 2.68. The first kappa shape index (κ1) is 11.6. The molecule has 1 aromatic carbocycles. The molecule has 90 valence electrons. The molecule has 2 nitrogen and oxygen atoms in total. The van der Waals surface area contributed by atoms with E-state index in [1.165, 1.54) is 22.3 Å². The third-order valence-corrected chi connectivity index (χ3v) is 4.26. The number of rotatable bonds is 1. The van der Waals surface area contributed by atoms with E-state index >= 15 is 0 Å². The molecule has 0 atom stereocenters. The van der Waals surface area contributed by atoms with Crippen LogP contribution in [0.5, 0.6) is 0 Å². The van der Waals surface area contributed by atoms with Gasteiger partial charge in [-0.25, -0.2) is 9.97 Å². The van der Waals surface area contributed by atoms with E-state index < -0.39 is 0 Å². The maximum Gasteiger partial charge on any atom is 0.141 e. The lowest BCUT2D eigenvalue weighted by Crippen LogP contribution is -1.83. The van der Waals surface area contributed by atoms with E-state index in [1.54, 1.807) is 11.3 Å². The molecule has 0 saturated carbocycles. The lowest BCUT2D eigenvalue weighted by atomic mass is 10.0. The number of aryl methyl sites for hydroxylation is 2. The smallest absolute Gasteiger partial charge is 0.141 e. The Morgan fingerprint density at radius 1 is 1.06 bits per heavy atom. The van der Waals surface area contributed by atoms with Crippen LogP contribution in [0, 0.1) is 13.8 Å². The first-order valence-corrected chi connectivity index (χ1v) is 6.83. The van der Waals surface area contributed by atoms with Gasteiger partial charge in [0.2, 0.25) is 0 Å². The van der Waals surface area contributed by atoms with Crippen LogP contribution in [0.3, 0.4) is 0 Å². The van der Waals surface area contributed by atoms with Crippen molar-refractivity contribution in [2.24, 2.45) is 0 Å². The first-order valence-electron chi connectivity index (χ1n) is 5.63. The lowest BCUT2D eigenvalue weighted by molar-refractivity contribution is 1.23. The molecule has 2 heterocycles. The molecule has 0 unspecified atom stereocenters. The molecular weight excluding hydrogens is 264 g/mol. The SMILES string of the molecule is Cc1ccc(-c2c(C)sc3ncnc(Cl)c23)cc1. The van der Waals surface area contributed by atoms with E-state index in [1.807, 2.05) is 0 Å². The van der Waals surface area contributed by atoms with Gasteiger partial charge in [0, 0.05) is 10.4 Å². The molecule has 3 rings (SSSR count). The molecule has 3 aromatic rings. The minimum Gasteiger partial charge on any atom is -0.225 e. The summed E-state index contributed by atoms with van der Waals surface area (Å²) in [7, 11) is 0. The summed E-state index contributed by atoms with van der Waals surface area (Å²) in [5, 5.41) is 1.49. The minimum absolute atomic E-state index is 0.528. The van der Waals surface area contributed by atoms with Crippen LogP contribution in [0.4, 0.5) is 0 Å². The Bertz CT molecular complexity index is 716. The molecule has 0 aliphatic heterocycles. The van der Waals surface area contributed by atoms with Crippen molar-refractivity contribution in [3.05, 3.63) is 46.2 Å². The molecule has 0 aliphatic carbocycles. The monoisotopic (exact) mass is 274 g/mol. The molecule has 18 heavy (non-hydrogen) atoms. The summed E-state index contributed by atoms with van der Waals surface area (Å²) in [5.41, 5.74) is 3.57. The van der Waals surface area contributed by atoms with Crippen LogP contribution in [0.1, 0.15) is 10.4 Å². The molecular formula is C14H11ClN2S. The van der Waals surface area contributed by atoms with Gasteiger partial charge in [-0.3, -0.25) is 0 Å². The van der Waals surface area contributed by atoms with Gasteiger partial charge in [-0.05, 0) is 19.4 Å². The average molecular weight is 275 g/mol. The van der Waals surface area contributed by atoms with Gasteiger partial charge in [-0.2, -0.15) is 0 Å². The largest absolute Gasteiger partial charge is 0.225 e. The number of hydrogen-bond donors (Lipinski definition) is 0. The van der Waals surface area contributed by atoms with Gasteiger partial charge in [0.1, 0.15) is 16.3 Å². The maximum absolute atomic E-state index is 6.21. The topological polar surface area (TPSA) is 25.8 Å². The summed E-state index contributed by atoms with van der Waals surface area (Å²) in [4.78, 5) is 10.5. The van der Waals surface area contributed by atoms with Gasteiger partial charge < -0.3 is 0 Å². The summed E-state index contributed by atoms with van der Waals surface area (Å²) in [6, 6.07) is 8.45. The number of aromatic nitrogens is 2. The van der Waals surface area contributed by atoms with Crippen LogP contribution in [0.15, 0.2) is 30.6 Å². The molecule has 0 bridgehead atoms. The molecule has 0 radical (unpaired) electrons. The van der Waals surface area contributed by atoms with Crippen molar-refractivity contribution in [2.75, 3.05) is 0 Å². The van der Waals surface area contributed by atoms with Crippen LogP contribution >= 0.6 is 22.9 Å². The van der Waals surface area contributed by atoms with Crippen LogP contribution in [-0.2, 0) is 0 Å². The fourth-order valence-corrected chi connectivity index (χ4v) is 3.37. The number of thiophene rings is 1. The van der Waals surface area contributed by atoms with Crippen molar-refractivity contribution in [2.45, 2.75) is 13.8 Å².